The third-order valence-electron chi connectivity index (χ3n) is 2.48. The van der Waals surface area contributed by atoms with Gasteiger partial charge in [0.1, 0.15) is 0 Å². The van der Waals surface area contributed by atoms with Crippen molar-refractivity contribution in [2.45, 2.75) is 13.0 Å². The summed E-state index contributed by atoms with van der Waals surface area (Å²) < 4.78 is 7.68. The Kier molecular flexibility index (Phi) is 4.27. The highest BCUT2D eigenvalue weighted by atomic mass is 79.9. The van der Waals surface area contributed by atoms with Gasteiger partial charge in [-0.2, -0.15) is 0 Å². The van der Waals surface area contributed by atoms with E-state index in [1.54, 1.807) is 11.8 Å². The van der Waals surface area contributed by atoms with E-state index in [4.69, 9.17) is 10.5 Å². The van der Waals surface area contributed by atoms with Crippen LogP contribution in [0.4, 0.5) is 5.69 Å². The van der Waals surface area contributed by atoms with E-state index >= 15 is 0 Å². The van der Waals surface area contributed by atoms with E-state index in [9.17, 15) is 0 Å². The molecule has 2 rings (SSSR count). The molecule has 18 heavy (non-hydrogen) atoms. The predicted molar refractivity (Wildman–Crippen MR) is 71.9 cm³/mol. The fourth-order valence-corrected chi connectivity index (χ4v) is 2.05. The molecule has 0 saturated carbocycles. The molecule has 0 saturated heterocycles. The molecule has 0 fully saturated rings. The molecule has 1 heterocycles. The van der Waals surface area contributed by atoms with Gasteiger partial charge in [0.25, 0.3) is 0 Å². The number of methoxy groups -OCH3 is 1. The van der Waals surface area contributed by atoms with Gasteiger partial charge >= 0.3 is 0 Å². The van der Waals surface area contributed by atoms with Crippen LogP contribution in [0.2, 0.25) is 0 Å². The Morgan fingerprint density at radius 1 is 1.44 bits per heavy atom. The van der Waals surface area contributed by atoms with Gasteiger partial charge < -0.3 is 10.5 Å². The van der Waals surface area contributed by atoms with Crippen molar-refractivity contribution in [3.8, 4) is 11.4 Å². The van der Waals surface area contributed by atoms with Gasteiger partial charge in [-0.25, -0.2) is 4.68 Å². The lowest BCUT2D eigenvalue weighted by Gasteiger charge is -2.06. The average Bonchev–Trinajstić information content (AvgIpc) is 2.81. The second-order valence-electron chi connectivity index (χ2n) is 3.81. The maximum atomic E-state index is 5.79. The summed E-state index contributed by atoms with van der Waals surface area (Å²) in [6.07, 6.45) is 0.856. The minimum absolute atomic E-state index is 0.678. The van der Waals surface area contributed by atoms with Crippen molar-refractivity contribution in [3.63, 3.8) is 0 Å². The lowest BCUT2D eigenvalue weighted by Crippen LogP contribution is -2.06. The maximum absolute atomic E-state index is 5.79. The fourth-order valence-electron chi connectivity index (χ4n) is 1.62. The van der Waals surface area contributed by atoms with Gasteiger partial charge in [-0.1, -0.05) is 15.9 Å². The molecule has 1 aromatic heterocycles. The molecule has 0 atom stereocenters. The number of halogens is 1. The summed E-state index contributed by atoms with van der Waals surface area (Å²) in [6.45, 7) is 1.38. The van der Waals surface area contributed by atoms with Crippen LogP contribution in [-0.4, -0.2) is 33.9 Å². The number of nitrogens with two attached hydrogens (primary N) is 1. The van der Waals surface area contributed by atoms with Crippen molar-refractivity contribution in [2.75, 3.05) is 19.5 Å². The molecule has 1 aromatic carbocycles. The molecule has 0 bridgehead atoms. The van der Waals surface area contributed by atoms with Gasteiger partial charge in [0, 0.05) is 36.0 Å². The predicted octanol–water partition coefficient (Wildman–Crippen LogP) is 1.72. The molecule has 0 amide bonds. The number of nitrogens with zero attached hydrogens (tertiary/aromatic N) is 4. The van der Waals surface area contributed by atoms with Crippen LogP contribution in [0, 0.1) is 0 Å². The van der Waals surface area contributed by atoms with Crippen molar-refractivity contribution in [1.29, 1.82) is 0 Å². The molecule has 0 aliphatic rings. The second-order valence-corrected chi connectivity index (χ2v) is 4.67. The summed E-state index contributed by atoms with van der Waals surface area (Å²) >= 11 is 3.48. The summed E-state index contributed by atoms with van der Waals surface area (Å²) in [4.78, 5) is 0. The lowest BCUT2D eigenvalue weighted by atomic mass is 10.2. The molecule has 2 aromatic rings. The Balaban J connectivity index is 2.27. The Labute approximate surface area is 113 Å². The van der Waals surface area contributed by atoms with Gasteiger partial charge in [0.05, 0.1) is 0 Å². The zero-order valence-electron chi connectivity index (χ0n) is 10.0. The standard InChI is InChI=1S/C11H14BrN5O/c1-18-6-2-5-17-11(14-15-16-17)9-7-8(13)3-4-10(9)12/h3-4,7H,2,5-6,13H2,1H3. The van der Waals surface area contributed by atoms with Crippen LogP contribution in [-0.2, 0) is 11.3 Å². The molecule has 96 valence electrons. The van der Waals surface area contributed by atoms with E-state index in [-0.39, 0.29) is 0 Å². The monoisotopic (exact) mass is 311 g/mol. The molecule has 0 aliphatic heterocycles. The minimum atomic E-state index is 0.678. The number of aromatic nitrogens is 4. The topological polar surface area (TPSA) is 78.8 Å². The number of nitrogen functional groups attached to an aromatic ring is 1. The smallest absolute Gasteiger partial charge is 0.183 e. The van der Waals surface area contributed by atoms with E-state index in [1.807, 2.05) is 18.2 Å². The van der Waals surface area contributed by atoms with Gasteiger partial charge in [-0.15, -0.1) is 5.10 Å². The molecule has 0 aliphatic carbocycles. The largest absolute Gasteiger partial charge is 0.399 e. The average molecular weight is 312 g/mol. The van der Waals surface area contributed by atoms with E-state index in [0.29, 0.717) is 24.7 Å². The highest BCUT2D eigenvalue weighted by Crippen LogP contribution is 2.28. The van der Waals surface area contributed by atoms with Crippen LogP contribution in [0.25, 0.3) is 11.4 Å². The van der Waals surface area contributed by atoms with Crippen molar-refractivity contribution in [1.82, 2.24) is 20.2 Å². The first-order valence-electron chi connectivity index (χ1n) is 5.53. The van der Waals surface area contributed by atoms with Crippen LogP contribution in [0.3, 0.4) is 0 Å². The van der Waals surface area contributed by atoms with E-state index < -0.39 is 0 Å². The quantitative estimate of drug-likeness (QED) is 0.672. The number of benzene rings is 1. The maximum Gasteiger partial charge on any atom is 0.183 e. The van der Waals surface area contributed by atoms with Crippen LogP contribution in [0.5, 0.6) is 0 Å². The van der Waals surface area contributed by atoms with E-state index in [2.05, 4.69) is 31.5 Å². The number of aryl methyl sites for hydroxylation is 1. The molecule has 6 nitrogen and oxygen atoms in total. The molecule has 7 heteroatoms. The Morgan fingerprint density at radius 3 is 3.06 bits per heavy atom. The minimum Gasteiger partial charge on any atom is -0.399 e. The normalized spacial score (nSPS) is 10.8. The first-order valence-corrected chi connectivity index (χ1v) is 6.32. The summed E-state index contributed by atoms with van der Waals surface area (Å²) in [6, 6.07) is 5.56. The molecule has 0 unspecified atom stereocenters. The van der Waals surface area contributed by atoms with Gasteiger partial charge in [-0.05, 0) is 35.0 Å². The van der Waals surface area contributed by atoms with Crippen LogP contribution < -0.4 is 5.73 Å². The first-order chi connectivity index (χ1) is 8.72. The Bertz CT molecular complexity index is 528. The zero-order valence-corrected chi connectivity index (χ0v) is 11.6. The number of ether oxygens (including phenoxy) is 1. The first kappa shape index (κ1) is 13.0. The molecular formula is C11H14BrN5O. The number of tetrazole rings is 1. The molecule has 0 radical (unpaired) electrons. The van der Waals surface area contributed by atoms with Gasteiger partial charge in [-0.3, -0.25) is 0 Å². The summed E-state index contributed by atoms with van der Waals surface area (Å²) in [7, 11) is 1.68. The van der Waals surface area contributed by atoms with Crippen LogP contribution in [0.1, 0.15) is 6.42 Å². The van der Waals surface area contributed by atoms with Gasteiger partial charge in [0.15, 0.2) is 5.82 Å². The van der Waals surface area contributed by atoms with Crippen molar-refractivity contribution in [2.24, 2.45) is 0 Å². The SMILES string of the molecule is COCCCn1nnnc1-c1cc(N)ccc1Br. The third kappa shape index (κ3) is 2.85. The molecular weight excluding hydrogens is 298 g/mol. The van der Waals surface area contributed by atoms with Crippen LogP contribution >= 0.6 is 15.9 Å². The summed E-state index contributed by atoms with van der Waals surface area (Å²) in [5.74, 6) is 0.699. The lowest BCUT2D eigenvalue weighted by molar-refractivity contribution is 0.189. The molecule has 2 N–H and O–H groups in total. The van der Waals surface area contributed by atoms with Crippen molar-refractivity contribution < 1.29 is 4.74 Å². The zero-order chi connectivity index (χ0) is 13.0. The van der Waals surface area contributed by atoms with E-state index in [0.717, 1.165) is 16.5 Å². The summed E-state index contributed by atoms with van der Waals surface area (Å²) in [5, 5.41) is 11.7. The van der Waals surface area contributed by atoms with Gasteiger partial charge in [0.2, 0.25) is 0 Å². The highest BCUT2D eigenvalue weighted by molar-refractivity contribution is 9.10. The second kappa shape index (κ2) is 5.92. The molecule has 0 spiro atoms. The van der Waals surface area contributed by atoms with Crippen LogP contribution in [0.15, 0.2) is 22.7 Å². The van der Waals surface area contributed by atoms with Crippen molar-refractivity contribution in [3.05, 3.63) is 22.7 Å². The van der Waals surface area contributed by atoms with E-state index in [1.165, 1.54) is 0 Å². The number of anilines is 1. The number of hydrogen-bond acceptors (Lipinski definition) is 5. The fraction of sp³-hybridized carbons (Fsp3) is 0.364. The number of rotatable bonds is 5. The summed E-state index contributed by atoms with van der Waals surface area (Å²) in [5.41, 5.74) is 7.35. The Morgan fingerprint density at radius 2 is 2.28 bits per heavy atom. The highest BCUT2D eigenvalue weighted by Gasteiger charge is 2.12. The Hall–Kier alpha value is -1.47. The third-order valence-corrected chi connectivity index (χ3v) is 3.17. The van der Waals surface area contributed by atoms with Crippen molar-refractivity contribution >= 4 is 21.6 Å². The number of hydrogen-bond donors (Lipinski definition) is 1.